The molecule has 8 rings (SSSR count). The minimum Gasteiger partial charge on any atom is -0.456 e. The quantitative estimate of drug-likeness (QED) is 0.217. The third-order valence-corrected chi connectivity index (χ3v) is 8.04. The van der Waals surface area contributed by atoms with Gasteiger partial charge in [0.1, 0.15) is 11.2 Å². The van der Waals surface area contributed by atoms with Gasteiger partial charge in [-0.25, -0.2) is 0 Å². The fraction of sp³-hybridized carbons (Fsp3) is 0. The number of para-hydroxylation sites is 2. The first-order chi connectivity index (χ1) is 20.8. The molecule has 0 fully saturated rings. The highest BCUT2D eigenvalue weighted by molar-refractivity contribution is 6.10. The van der Waals surface area contributed by atoms with Gasteiger partial charge in [-0.3, -0.25) is 0 Å². The van der Waals surface area contributed by atoms with E-state index in [2.05, 4.69) is 157 Å². The smallest absolute Gasteiger partial charge is 0.136 e. The van der Waals surface area contributed by atoms with Gasteiger partial charge in [-0.1, -0.05) is 103 Å². The van der Waals surface area contributed by atoms with Gasteiger partial charge in [-0.15, -0.1) is 0 Å². The van der Waals surface area contributed by atoms with Crippen LogP contribution in [0, 0.1) is 0 Å². The number of hydrogen-bond acceptors (Lipinski definition) is 2. The Kier molecular flexibility index (Phi) is 5.82. The van der Waals surface area contributed by atoms with Crippen molar-refractivity contribution < 1.29 is 4.42 Å². The molecule has 0 aliphatic carbocycles. The van der Waals surface area contributed by atoms with Crippen molar-refractivity contribution in [1.29, 1.82) is 0 Å². The Morgan fingerprint density at radius 2 is 0.881 bits per heavy atom. The van der Waals surface area contributed by atoms with Crippen LogP contribution in [0.1, 0.15) is 0 Å². The predicted octanol–water partition coefficient (Wildman–Crippen LogP) is 11.5. The van der Waals surface area contributed by atoms with Crippen molar-refractivity contribution in [3.63, 3.8) is 0 Å². The molecule has 0 saturated heterocycles. The van der Waals surface area contributed by atoms with Gasteiger partial charge in [0.25, 0.3) is 0 Å². The Bertz CT molecular complexity index is 2160. The summed E-state index contributed by atoms with van der Waals surface area (Å²) in [7, 11) is 0. The van der Waals surface area contributed by atoms with Crippen LogP contribution in [0.5, 0.6) is 0 Å². The van der Waals surface area contributed by atoms with E-state index in [4.69, 9.17) is 4.42 Å². The van der Waals surface area contributed by atoms with Crippen LogP contribution < -0.4 is 4.90 Å². The largest absolute Gasteiger partial charge is 0.456 e. The first kappa shape index (κ1) is 24.2. The van der Waals surface area contributed by atoms with E-state index < -0.39 is 0 Å². The molecule has 0 amide bonds. The second-order valence-corrected chi connectivity index (χ2v) is 10.6. The number of fused-ring (bicyclic) bond motifs is 4. The molecule has 0 aliphatic heterocycles. The van der Waals surface area contributed by atoms with Crippen molar-refractivity contribution in [2.75, 3.05) is 4.90 Å². The Hall–Kier alpha value is -5.60. The number of benzene rings is 7. The molecule has 0 unspecified atom stereocenters. The zero-order chi connectivity index (χ0) is 27.9. The Balaban J connectivity index is 1.16. The zero-order valence-electron chi connectivity index (χ0n) is 22.9. The van der Waals surface area contributed by atoms with Crippen LogP contribution in [0.25, 0.3) is 55.0 Å². The highest BCUT2D eigenvalue weighted by atomic mass is 16.3. The van der Waals surface area contributed by atoms with E-state index in [0.29, 0.717) is 0 Å². The molecular weight excluding hydrogens is 510 g/mol. The van der Waals surface area contributed by atoms with Crippen LogP contribution in [0.15, 0.2) is 168 Å². The van der Waals surface area contributed by atoms with E-state index in [-0.39, 0.29) is 0 Å². The van der Waals surface area contributed by atoms with Gasteiger partial charge in [0.15, 0.2) is 0 Å². The van der Waals surface area contributed by atoms with Crippen molar-refractivity contribution in [2.45, 2.75) is 0 Å². The highest BCUT2D eigenvalue weighted by Crippen LogP contribution is 2.38. The van der Waals surface area contributed by atoms with Crippen molar-refractivity contribution >= 4 is 49.8 Å². The highest BCUT2D eigenvalue weighted by Gasteiger charge is 2.13. The normalized spacial score (nSPS) is 11.3. The number of rotatable bonds is 5. The van der Waals surface area contributed by atoms with E-state index in [1.165, 1.54) is 33.0 Å². The summed E-state index contributed by atoms with van der Waals surface area (Å²) in [5, 5.41) is 4.69. The van der Waals surface area contributed by atoms with Gasteiger partial charge in [-0.2, -0.15) is 0 Å². The number of nitrogens with zero attached hydrogens (tertiary/aromatic N) is 1. The average molecular weight is 538 g/mol. The minimum atomic E-state index is 0.927. The number of furan rings is 1. The molecule has 0 spiro atoms. The maximum Gasteiger partial charge on any atom is 0.136 e. The van der Waals surface area contributed by atoms with Crippen LogP contribution in [-0.2, 0) is 0 Å². The van der Waals surface area contributed by atoms with Crippen molar-refractivity contribution in [3.05, 3.63) is 164 Å². The maximum absolute atomic E-state index is 6.11. The van der Waals surface area contributed by atoms with Gasteiger partial charge in [0, 0.05) is 27.8 Å². The molecule has 0 radical (unpaired) electrons. The second kappa shape index (κ2) is 10.1. The molecule has 198 valence electrons. The summed E-state index contributed by atoms with van der Waals surface area (Å²) in [5.41, 5.74) is 10.0. The summed E-state index contributed by atoms with van der Waals surface area (Å²) in [6, 6.07) is 58.0. The molecular formula is C40H27NO. The lowest BCUT2D eigenvalue weighted by Crippen LogP contribution is -2.09. The summed E-state index contributed by atoms with van der Waals surface area (Å²) in [4.78, 5) is 2.31. The van der Waals surface area contributed by atoms with E-state index in [9.17, 15) is 0 Å². The molecule has 8 aromatic rings. The Morgan fingerprint density at radius 1 is 0.333 bits per heavy atom. The fourth-order valence-corrected chi connectivity index (χ4v) is 5.91. The van der Waals surface area contributed by atoms with E-state index >= 15 is 0 Å². The standard InChI is InChI=1S/C40H27NO/c1-3-9-28(10-4-1)29-17-21-35(22-18-29)41(34-11-5-2-6-12-34)36-23-19-30(20-24-36)31-15-16-32-27-40-38(26-33(32)25-31)37-13-7-8-14-39(37)42-40/h1-27H. The van der Waals surface area contributed by atoms with Crippen molar-refractivity contribution in [1.82, 2.24) is 0 Å². The lowest BCUT2D eigenvalue weighted by Gasteiger charge is -2.26. The predicted molar refractivity (Wildman–Crippen MR) is 177 cm³/mol. The van der Waals surface area contributed by atoms with E-state index in [1.54, 1.807) is 0 Å². The van der Waals surface area contributed by atoms with Crippen LogP contribution >= 0.6 is 0 Å². The Morgan fingerprint density at radius 3 is 1.60 bits per heavy atom. The monoisotopic (exact) mass is 537 g/mol. The van der Waals surface area contributed by atoms with Gasteiger partial charge < -0.3 is 9.32 Å². The number of hydrogen-bond donors (Lipinski definition) is 0. The fourth-order valence-electron chi connectivity index (χ4n) is 5.91. The molecule has 1 aromatic heterocycles. The van der Waals surface area contributed by atoms with Crippen molar-refractivity contribution in [3.8, 4) is 22.3 Å². The molecule has 2 nitrogen and oxygen atoms in total. The molecule has 0 N–H and O–H groups in total. The van der Waals surface area contributed by atoms with Crippen LogP contribution in [-0.4, -0.2) is 0 Å². The van der Waals surface area contributed by atoms with Gasteiger partial charge in [0.05, 0.1) is 0 Å². The summed E-state index contributed by atoms with van der Waals surface area (Å²) in [5.74, 6) is 0. The topological polar surface area (TPSA) is 16.4 Å². The van der Waals surface area contributed by atoms with Gasteiger partial charge in [0.2, 0.25) is 0 Å². The SMILES string of the molecule is c1ccc(-c2ccc(N(c3ccccc3)c3ccc(-c4ccc5cc6oc7ccccc7c6cc5c4)cc3)cc2)cc1. The average Bonchev–Trinajstić information content (AvgIpc) is 3.42. The molecule has 0 saturated carbocycles. The molecule has 7 aromatic carbocycles. The lowest BCUT2D eigenvalue weighted by molar-refractivity contribution is 0.669. The minimum absolute atomic E-state index is 0.927. The van der Waals surface area contributed by atoms with Crippen LogP contribution in [0.4, 0.5) is 17.1 Å². The van der Waals surface area contributed by atoms with E-state index in [1.807, 2.05) is 12.1 Å². The summed E-state index contributed by atoms with van der Waals surface area (Å²) < 4.78 is 6.11. The molecule has 42 heavy (non-hydrogen) atoms. The lowest BCUT2D eigenvalue weighted by atomic mass is 9.99. The third-order valence-electron chi connectivity index (χ3n) is 8.04. The van der Waals surface area contributed by atoms with Crippen molar-refractivity contribution in [2.24, 2.45) is 0 Å². The number of anilines is 3. The zero-order valence-corrected chi connectivity index (χ0v) is 22.9. The van der Waals surface area contributed by atoms with Crippen LogP contribution in [0.2, 0.25) is 0 Å². The first-order valence-electron chi connectivity index (χ1n) is 14.3. The van der Waals surface area contributed by atoms with Gasteiger partial charge >= 0.3 is 0 Å². The summed E-state index contributed by atoms with van der Waals surface area (Å²) in [6.07, 6.45) is 0. The molecule has 2 heteroatoms. The van der Waals surface area contributed by atoms with E-state index in [0.717, 1.165) is 39.0 Å². The first-order valence-corrected chi connectivity index (χ1v) is 14.3. The molecule has 0 bridgehead atoms. The van der Waals surface area contributed by atoms with Gasteiger partial charge in [-0.05, 0) is 93.7 Å². The molecule has 0 aliphatic rings. The van der Waals surface area contributed by atoms with Crippen LogP contribution in [0.3, 0.4) is 0 Å². The summed E-state index contributed by atoms with van der Waals surface area (Å²) >= 11 is 0. The second-order valence-electron chi connectivity index (χ2n) is 10.6. The maximum atomic E-state index is 6.11. The Labute approximate surface area is 244 Å². The molecule has 0 atom stereocenters. The summed E-state index contributed by atoms with van der Waals surface area (Å²) in [6.45, 7) is 0. The molecule has 1 heterocycles. The third kappa shape index (κ3) is 4.31.